The zero-order valence-electron chi connectivity index (χ0n) is 21.8. The molecule has 3 atom stereocenters. The van der Waals surface area contributed by atoms with Crippen LogP contribution in [0.2, 0.25) is 0 Å². The number of nitrogens with one attached hydrogen (secondary N) is 1. The van der Waals surface area contributed by atoms with Gasteiger partial charge in [-0.05, 0) is 50.9 Å². The highest BCUT2D eigenvalue weighted by Crippen LogP contribution is 2.33. The Labute approximate surface area is 218 Å². The number of carbonyl (C=O) groups is 3. The van der Waals surface area contributed by atoms with Crippen LogP contribution in [-0.4, -0.2) is 111 Å². The Kier molecular flexibility index (Phi) is 7.97. The third-order valence-corrected chi connectivity index (χ3v) is 8.13. The van der Waals surface area contributed by atoms with E-state index in [-0.39, 0.29) is 41.9 Å². The van der Waals surface area contributed by atoms with Gasteiger partial charge >= 0.3 is 0 Å². The molecule has 0 aromatic heterocycles. The minimum atomic E-state index is -0.311. The van der Waals surface area contributed by atoms with E-state index < -0.39 is 0 Å². The van der Waals surface area contributed by atoms with E-state index in [4.69, 9.17) is 14.2 Å². The smallest absolute Gasteiger partial charge is 0.257 e. The van der Waals surface area contributed by atoms with Gasteiger partial charge in [-0.25, -0.2) is 0 Å². The second-order valence-corrected chi connectivity index (χ2v) is 10.6. The molecule has 1 N–H and O–H groups in total. The van der Waals surface area contributed by atoms with Crippen LogP contribution >= 0.6 is 0 Å². The molecule has 3 amide bonds. The van der Waals surface area contributed by atoms with Crippen molar-refractivity contribution in [3.63, 3.8) is 0 Å². The van der Waals surface area contributed by atoms with Crippen molar-refractivity contribution in [2.45, 2.75) is 50.4 Å². The largest absolute Gasteiger partial charge is 0.490 e. The molecule has 0 unspecified atom stereocenters. The van der Waals surface area contributed by atoms with Crippen LogP contribution in [-0.2, 0) is 19.1 Å². The summed E-state index contributed by atoms with van der Waals surface area (Å²) in [6, 6.07) is 5.06. The van der Waals surface area contributed by atoms with Crippen molar-refractivity contribution in [2.75, 3.05) is 65.4 Å². The van der Waals surface area contributed by atoms with Gasteiger partial charge in [-0.2, -0.15) is 0 Å². The summed E-state index contributed by atoms with van der Waals surface area (Å²) in [5.74, 6) is 0.310. The first-order chi connectivity index (χ1) is 17.9. The summed E-state index contributed by atoms with van der Waals surface area (Å²) in [4.78, 5) is 44.9. The highest BCUT2D eigenvalue weighted by atomic mass is 16.5. The van der Waals surface area contributed by atoms with Crippen LogP contribution in [0, 0.1) is 5.92 Å². The van der Waals surface area contributed by atoms with Gasteiger partial charge in [-0.3, -0.25) is 14.4 Å². The molecule has 3 fully saturated rings. The highest BCUT2D eigenvalue weighted by molar-refractivity contribution is 6.00. The molecule has 10 nitrogen and oxygen atoms in total. The van der Waals surface area contributed by atoms with E-state index in [1.165, 1.54) is 0 Å². The predicted molar refractivity (Wildman–Crippen MR) is 137 cm³/mol. The molecule has 202 valence electrons. The lowest BCUT2D eigenvalue weighted by Gasteiger charge is -2.42. The number of nitrogens with zero attached hydrogens (tertiary/aromatic N) is 3. The number of fused-ring (bicyclic) bond motifs is 2. The van der Waals surface area contributed by atoms with Crippen LogP contribution in [0.5, 0.6) is 5.75 Å². The number of hydrogen-bond donors (Lipinski definition) is 1. The zero-order chi connectivity index (χ0) is 25.9. The van der Waals surface area contributed by atoms with Crippen LogP contribution in [0.25, 0.3) is 0 Å². The minimum absolute atomic E-state index is 0.0475. The van der Waals surface area contributed by atoms with Crippen molar-refractivity contribution in [1.29, 1.82) is 0 Å². The van der Waals surface area contributed by atoms with E-state index in [0.717, 1.165) is 32.6 Å². The Bertz CT molecular complexity index is 1000. The number of anilines is 1. The van der Waals surface area contributed by atoms with Gasteiger partial charge in [0.1, 0.15) is 18.5 Å². The molecule has 0 saturated carbocycles. The summed E-state index contributed by atoms with van der Waals surface area (Å²) in [7, 11) is 3.86. The van der Waals surface area contributed by atoms with Crippen molar-refractivity contribution in [1.82, 2.24) is 14.7 Å². The van der Waals surface area contributed by atoms with Crippen LogP contribution in [0.3, 0.4) is 0 Å². The fraction of sp³-hybridized carbons (Fsp3) is 0.667. The Morgan fingerprint density at radius 2 is 1.78 bits per heavy atom. The first kappa shape index (κ1) is 25.9. The number of hydrogen-bond acceptors (Lipinski definition) is 7. The lowest BCUT2D eigenvalue weighted by atomic mass is 9.94. The first-order valence-electron chi connectivity index (χ1n) is 13.4. The molecular formula is C27H38N4O6. The molecule has 4 aliphatic rings. The van der Waals surface area contributed by atoms with E-state index in [2.05, 4.69) is 17.3 Å². The molecule has 4 heterocycles. The summed E-state index contributed by atoms with van der Waals surface area (Å²) in [5, 5.41) is 2.96. The van der Waals surface area contributed by atoms with Crippen LogP contribution in [0.15, 0.2) is 18.2 Å². The molecule has 0 aliphatic carbocycles. The van der Waals surface area contributed by atoms with Gasteiger partial charge in [0.15, 0.2) is 0 Å². The molecule has 10 heteroatoms. The topological polar surface area (TPSA) is 101 Å². The lowest BCUT2D eigenvalue weighted by Crippen LogP contribution is -2.54. The van der Waals surface area contributed by atoms with Gasteiger partial charge in [-0.1, -0.05) is 0 Å². The summed E-state index contributed by atoms with van der Waals surface area (Å²) >= 11 is 0. The quantitative estimate of drug-likeness (QED) is 0.651. The molecular weight excluding hydrogens is 476 g/mol. The summed E-state index contributed by atoms with van der Waals surface area (Å²) < 4.78 is 17.8. The second kappa shape index (κ2) is 11.4. The maximum atomic E-state index is 13.5. The van der Waals surface area contributed by atoms with Crippen molar-refractivity contribution >= 4 is 23.4 Å². The first-order valence-corrected chi connectivity index (χ1v) is 13.4. The third kappa shape index (κ3) is 5.91. The standard InChI is InChI=1S/C27H38N4O6/c1-29-9-11-31(12-10-29)25(32)16-20-4-5-22-24(37-20)17-36-23-6-3-19(15-21(23)27(34)30(22)2)28-26(33)18-7-13-35-14-8-18/h3,6,15,18,20,22,24H,4-5,7-14,16-17H2,1-2H3,(H,28,33)/t20-,22-,24-/m0/s1. The van der Waals surface area contributed by atoms with Gasteiger partial charge < -0.3 is 34.2 Å². The number of ether oxygens (including phenoxy) is 3. The normalized spacial score (nSPS) is 27.4. The van der Waals surface area contributed by atoms with Crippen LogP contribution < -0.4 is 10.1 Å². The summed E-state index contributed by atoms with van der Waals surface area (Å²) in [6.07, 6.45) is 2.73. The van der Waals surface area contributed by atoms with E-state index in [1.54, 1.807) is 30.1 Å². The summed E-state index contributed by atoms with van der Waals surface area (Å²) in [5.41, 5.74) is 1.01. The Morgan fingerprint density at radius 3 is 2.54 bits per heavy atom. The van der Waals surface area contributed by atoms with Gasteiger partial charge in [0.2, 0.25) is 11.8 Å². The number of piperazine rings is 1. The van der Waals surface area contributed by atoms with Gasteiger partial charge in [0.25, 0.3) is 5.91 Å². The van der Waals surface area contributed by atoms with Crippen molar-refractivity contribution in [2.24, 2.45) is 5.92 Å². The predicted octanol–water partition coefficient (Wildman–Crippen LogP) is 1.60. The summed E-state index contributed by atoms with van der Waals surface area (Å²) in [6.45, 7) is 4.77. The minimum Gasteiger partial charge on any atom is -0.490 e. The lowest BCUT2D eigenvalue weighted by molar-refractivity contribution is -0.144. The maximum Gasteiger partial charge on any atom is 0.257 e. The SMILES string of the molecule is CN1CCN(C(=O)C[C@@H]2CC[C@H]3[C@H](COc4ccc(NC(=O)C5CCOCC5)cc4C(=O)N3C)O2)CC1. The van der Waals surface area contributed by atoms with Gasteiger partial charge in [-0.15, -0.1) is 0 Å². The maximum absolute atomic E-state index is 13.5. The Balaban J connectivity index is 1.23. The van der Waals surface area contributed by atoms with Gasteiger partial charge in [0.05, 0.1) is 24.1 Å². The van der Waals surface area contributed by atoms with E-state index in [9.17, 15) is 14.4 Å². The molecule has 0 bridgehead atoms. The Hall–Kier alpha value is -2.69. The van der Waals surface area contributed by atoms with Crippen molar-refractivity contribution in [3.8, 4) is 5.75 Å². The number of likely N-dealkylation sites (N-methyl/N-ethyl adjacent to an activating group) is 2. The molecule has 5 rings (SSSR count). The van der Waals surface area contributed by atoms with E-state index >= 15 is 0 Å². The van der Waals surface area contributed by atoms with Crippen LogP contribution in [0.1, 0.15) is 42.5 Å². The number of carbonyl (C=O) groups excluding carboxylic acids is 3. The fourth-order valence-corrected chi connectivity index (χ4v) is 5.69. The highest BCUT2D eigenvalue weighted by Gasteiger charge is 2.39. The molecule has 0 spiro atoms. The average Bonchev–Trinajstić information content (AvgIpc) is 2.92. The van der Waals surface area contributed by atoms with Gasteiger partial charge in [0, 0.05) is 58.0 Å². The molecule has 3 saturated heterocycles. The molecule has 37 heavy (non-hydrogen) atoms. The number of rotatable bonds is 4. The molecule has 4 aliphatic heterocycles. The monoisotopic (exact) mass is 514 g/mol. The van der Waals surface area contributed by atoms with Crippen molar-refractivity contribution in [3.05, 3.63) is 23.8 Å². The van der Waals surface area contributed by atoms with E-state index in [1.807, 2.05) is 4.90 Å². The zero-order valence-corrected chi connectivity index (χ0v) is 21.8. The molecule has 1 aromatic rings. The fourth-order valence-electron chi connectivity index (χ4n) is 5.69. The average molecular weight is 515 g/mol. The number of benzene rings is 1. The van der Waals surface area contributed by atoms with Crippen molar-refractivity contribution < 1.29 is 28.6 Å². The molecule has 0 radical (unpaired) electrons. The number of amides is 3. The Morgan fingerprint density at radius 1 is 1.03 bits per heavy atom. The molecule has 1 aromatic carbocycles. The van der Waals surface area contributed by atoms with Crippen LogP contribution in [0.4, 0.5) is 5.69 Å². The third-order valence-electron chi connectivity index (χ3n) is 8.13. The second-order valence-electron chi connectivity index (χ2n) is 10.6. The van der Waals surface area contributed by atoms with E-state index in [0.29, 0.717) is 62.5 Å².